The van der Waals surface area contributed by atoms with Gasteiger partial charge in [-0.15, -0.1) is 21.5 Å². The smallest absolute Gasteiger partial charge is 0.279 e. The zero-order valence-corrected chi connectivity index (χ0v) is 13.3. The second-order valence-electron chi connectivity index (χ2n) is 4.39. The van der Waals surface area contributed by atoms with Gasteiger partial charge in [0.1, 0.15) is 22.1 Å². The Balaban J connectivity index is 1.86. The zero-order valence-electron chi connectivity index (χ0n) is 11.6. The van der Waals surface area contributed by atoms with Crippen LogP contribution in [0.5, 0.6) is 0 Å². The highest BCUT2D eigenvalue weighted by Gasteiger charge is 2.18. The largest absolute Gasteiger partial charge is 0.345 e. The molecule has 118 valence electrons. The van der Waals surface area contributed by atoms with E-state index in [2.05, 4.69) is 25.8 Å². The molecule has 2 N–H and O–H groups in total. The SMILES string of the molecule is Cc1nc(C(=O)Nc2nncs2)c(Nc2cc(F)cc(F)c2)s1. The number of halogens is 2. The van der Waals surface area contributed by atoms with E-state index in [0.29, 0.717) is 15.1 Å². The van der Waals surface area contributed by atoms with Crippen LogP contribution >= 0.6 is 22.7 Å². The average molecular weight is 353 g/mol. The van der Waals surface area contributed by atoms with Crippen molar-refractivity contribution >= 4 is 44.4 Å². The van der Waals surface area contributed by atoms with E-state index in [4.69, 9.17) is 0 Å². The summed E-state index contributed by atoms with van der Waals surface area (Å²) in [5, 5.41) is 14.1. The van der Waals surface area contributed by atoms with E-state index >= 15 is 0 Å². The van der Waals surface area contributed by atoms with Crippen molar-refractivity contribution in [3.63, 3.8) is 0 Å². The van der Waals surface area contributed by atoms with E-state index in [9.17, 15) is 13.6 Å². The number of rotatable bonds is 4. The number of nitrogens with zero attached hydrogens (tertiary/aromatic N) is 3. The van der Waals surface area contributed by atoms with Crippen LogP contribution in [0.1, 0.15) is 15.5 Å². The van der Waals surface area contributed by atoms with E-state index in [0.717, 1.165) is 18.2 Å². The third-order valence-corrected chi connectivity index (χ3v) is 4.14. The maximum Gasteiger partial charge on any atom is 0.279 e. The molecule has 0 aliphatic rings. The second kappa shape index (κ2) is 6.34. The van der Waals surface area contributed by atoms with Crippen molar-refractivity contribution in [2.75, 3.05) is 10.6 Å². The molecule has 3 rings (SSSR count). The lowest BCUT2D eigenvalue weighted by Crippen LogP contribution is -2.14. The van der Waals surface area contributed by atoms with Crippen molar-refractivity contribution in [1.82, 2.24) is 15.2 Å². The Bertz CT molecular complexity index is 830. The third-order valence-electron chi connectivity index (χ3n) is 2.65. The summed E-state index contributed by atoms with van der Waals surface area (Å²) in [5.74, 6) is -1.91. The van der Waals surface area contributed by atoms with Crippen molar-refractivity contribution < 1.29 is 13.6 Å². The molecule has 3 aromatic rings. The Morgan fingerprint density at radius 1 is 1.22 bits per heavy atom. The van der Waals surface area contributed by atoms with Gasteiger partial charge in [-0.25, -0.2) is 13.8 Å². The summed E-state index contributed by atoms with van der Waals surface area (Å²) < 4.78 is 26.5. The number of carbonyl (C=O) groups is 1. The van der Waals surface area contributed by atoms with E-state index in [1.165, 1.54) is 28.2 Å². The minimum atomic E-state index is -0.714. The van der Waals surface area contributed by atoms with Crippen molar-refractivity contribution in [3.8, 4) is 0 Å². The molecule has 0 aliphatic heterocycles. The Hall–Kier alpha value is -2.46. The summed E-state index contributed by atoms with van der Waals surface area (Å²) in [6.07, 6.45) is 0. The molecule has 0 aliphatic carbocycles. The Labute approximate surface area is 137 Å². The Morgan fingerprint density at radius 3 is 2.61 bits per heavy atom. The number of amides is 1. The molecule has 1 aromatic carbocycles. The normalized spacial score (nSPS) is 10.6. The predicted molar refractivity (Wildman–Crippen MR) is 84.4 cm³/mol. The summed E-state index contributed by atoms with van der Waals surface area (Å²) in [7, 11) is 0. The van der Waals surface area contributed by atoms with E-state index in [1.54, 1.807) is 6.92 Å². The molecule has 0 spiro atoms. The summed E-state index contributed by atoms with van der Waals surface area (Å²) in [6, 6.07) is 3.03. The lowest BCUT2D eigenvalue weighted by atomic mass is 10.3. The Morgan fingerprint density at radius 2 is 1.96 bits per heavy atom. The van der Waals surface area contributed by atoms with Gasteiger partial charge in [0.2, 0.25) is 5.13 Å². The van der Waals surface area contributed by atoms with Crippen molar-refractivity contribution in [1.29, 1.82) is 0 Å². The number of hydrogen-bond acceptors (Lipinski definition) is 7. The quantitative estimate of drug-likeness (QED) is 0.749. The molecular formula is C13H9F2N5OS2. The molecule has 0 fully saturated rings. The van der Waals surface area contributed by atoms with E-state index in [-0.39, 0.29) is 11.4 Å². The maximum absolute atomic E-state index is 13.3. The molecule has 0 saturated heterocycles. The molecule has 10 heteroatoms. The highest BCUT2D eigenvalue weighted by atomic mass is 32.1. The molecule has 0 bridgehead atoms. The first-order valence-electron chi connectivity index (χ1n) is 6.29. The number of anilines is 3. The number of nitrogens with one attached hydrogen (secondary N) is 2. The third kappa shape index (κ3) is 3.66. The summed E-state index contributed by atoms with van der Waals surface area (Å²) in [4.78, 5) is 16.4. The first kappa shape index (κ1) is 15.4. The van der Waals surface area contributed by atoms with E-state index in [1.807, 2.05) is 0 Å². The lowest BCUT2D eigenvalue weighted by molar-refractivity contribution is 0.102. The van der Waals surface area contributed by atoms with Gasteiger partial charge in [0.05, 0.1) is 5.01 Å². The number of benzene rings is 1. The van der Waals surface area contributed by atoms with Crippen LogP contribution in [-0.2, 0) is 0 Å². The van der Waals surface area contributed by atoms with Gasteiger partial charge in [0, 0.05) is 11.8 Å². The molecule has 0 radical (unpaired) electrons. The lowest BCUT2D eigenvalue weighted by Gasteiger charge is -2.06. The van der Waals surface area contributed by atoms with Crippen molar-refractivity contribution in [2.24, 2.45) is 0 Å². The van der Waals surface area contributed by atoms with Gasteiger partial charge in [-0.2, -0.15) is 0 Å². The fraction of sp³-hybridized carbons (Fsp3) is 0.0769. The van der Waals surface area contributed by atoms with Gasteiger partial charge in [-0.1, -0.05) is 11.3 Å². The van der Waals surface area contributed by atoms with Crippen LogP contribution in [-0.4, -0.2) is 21.1 Å². The molecule has 2 heterocycles. The van der Waals surface area contributed by atoms with Crippen LogP contribution in [0.25, 0.3) is 0 Å². The topological polar surface area (TPSA) is 79.8 Å². The summed E-state index contributed by atoms with van der Waals surface area (Å²) >= 11 is 2.37. The molecule has 0 atom stereocenters. The van der Waals surface area contributed by atoms with E-state index < -0.39 is 17.5 Å². The molecule has 1 amide bonds. The van der Waals surface area contributed by atoms with Crippen LogP contribution in [0.15, 0.2) is 23.7 Å². The maximum atomic E-state index is 13.3. The number of hydrogen-bond donors (Lipinski definition) is 2. The fourth-order valence-corrected chi connectivity index (χ4v) is 3.08. The zero-order chi connectivity index (χ0) is 16.4. The van der Waals surface area contributed by atoms with Crippen LogP contribution in [0.2, 0.25) is 0 Å². The predicted octanol–water partition coefficient (Wildman–Crippen LogP) is 3.58. The van der Waals surface area contributed by atoms with Gasteiger partial charge in [0.15, 0.2) is 5.69 Å². The fourth-order valence-electron chi connectivity index (χ4n) is 1.81. The molecular weight excluding hydrogens is 344 g/mol. The molecule has 6 nitrogen and oxygen atoms in total. The van der Waals surface area contributed by atoms with Crippen LogP contribution < -0.4 is 10.6 Å². The minimum absolute atomic E-state index is 0.118. The Kier molecular flexibility index (Phi) is 4.26. The summed E-state index contributed by atoms with van der Waals surface area (Å²) in [6.45, 7) is 1.73. The second-order valence-corrected chi connectivity index (χ2v) is 6.43. The van der Waals surface area contributed by atoms with Gasteiger partial charge >= 0.3 is 0 Å². The summed E-state index contributed by atoms with van der Waals surface area (Å²) in [5.41, 5.74) is 1.79. The number of aryl methyl sites for hydroxylation is 1. The van der Waals surface area contributed by atoms with Crippen LogP contribution in [0, 0.1) is 18.6 Å². The van der Waals surface area contributed by atoms with Gasteiger partial charge < -0.3 is 5.32 Å². The van der Waals surface area contributed by atoms with Crippen LogP contribution in [0.4, 0.5) is 24.6 Å². The number of carbonyl (C=O) groups excluding carboxylic acids is 1. The molecule has 2 aromatic heterocycles. The molecule has 23 heavy (non-hydrogen) atoms. The highest BCUT2D eigenvalue weighted by molar-refractivity contribution is 7.16. The standard InChI is InChI=1S/C13H9F2N5OS2/c1-6-17-10(11(21)19-13-20-16-5-22-13)12(23-6)18-9-3-7(14)2-8(15)4-9/h2-5,18H,1H3,(H,19,20,21). The van der Waals surface area contributed by atoms with Gasteiger partial charge in [-0.3, -0.25) is 10.1 Å². The molecule has 0 unspecified atom stereocenters. The molecule has 0 saturated carbocycles. The van der Waals surface area contributed by atoms with Crippen molar-refractivity contribution in [2.45, 2.75) is 6.92 Å². The van der Waals surface area contributed by atoms with Gasteiger partial charge in [-0.05, 0) is 19.1 Å². The average Bonchev–Trinajstić information content (AvgIpc) is 3.07. The number of thiazole rings is 1. The van der Waals surface area contributed by atoms with Crippen molar-refractivity contribution in [3.05, 3.63) is 46.0 Å². The monoisotopic (exact) mass is 353 g/mol. The number of aromatic nitrogens is 3. The minimum Gasteiger partial charge on any atom is -0.345 e. The van der Waals surface area contributed by atoms with Crippen LogP contribution in [0.3, 0.4) is 0 Å². The van der Waals surface area contributed by atoms with Gasteiger partial charge in [0.25, 0.3) is 5.91 Å². The first-order valence-corrected chi connectivity index (χ1v) is 7.99. The highest BCUT2D eigenvalue weighted by Crippen LogP contribution is 2.29. The first-order chi connectivity index (χ1) is 11.0.